The Morgan fingerprint density at radius 3 is 2.58 bits per heavy atom. The number of oxazole rings is 1. The molecule has 24 heavy (non-hydrogen) atoms. The molecule has 0 fully saturated rings. The quantitative estimate of drug-likeness (QED) is 0.518. The van der Waals surface area contributed by atoms with E-state index in [0.717, 1.165) is 24.3 Å². The van der Waals surface area contributed by atoms with Crippen molar-refractivity contribution in [3.8, 4) is 5.75 Å². The molecule has 2 aromatic carbocycles. The molecule has 0 atom stereocenters. The highest BCUT2D eigenvalue weighted by molar-refractivity contribution is 7.92. The Hall–Kier alpha value is -3.27. The third-order valence-electron chi connectivity index (χ3n) is 3.19. The molecule has 0 aliphatic carbocycles. The van der Waals surface area contributed by atoms with Crippen molar-refractivity contribution in [1.82, 2.24) is 4.98 Å². The molecule has 3 rings (SSSR count). The first-order chi connectivity index (χ1) is 11.3. The number of aromatic nitrogens is 1. The second-order valence-electron chi connectivity index (χ2n) is 4.82. The van der Waals surface area contributed by atoms with Gasteiger partial charge in [-0.3, -0.25) is 9.71 Å². The number of carboxylic acids is 1. The average Bonchev–Trinajstić information content (AvgIpc) is 2.88. The molecule has 124 valence electrons. The minimum atomic E-state index is -4.08. The molecular formula is C14H10N2O7S. The van der Waals surface area contributed by atoms with Crippen LogP contribution < -0.4 is 10.5 Å². The Balaban J connectivity index is 1.98. The standard InChI is InChI=1S/C14H10N2O7S/c17-11-5-7(13(18)19)1-3-9(11)16-24(21,22)8-2-4-10-12(6-8)23-14(20)15-10/h1-6,16-17H,(H,15,20)(H,18,19). The highest BCUT2D eigenvalue weighted by Crippen LogP contribution is 2.27. The van der Waals surface area contributed by atoms with Crippen molar-refractivity contribution in [2.45, 2.75) is 4.90 Å². The van der Waals surface area contributed by atoms with Crippen molar-refractivity contribution in [1.29, 1.82) is 0 Å². The number of H-pyrrole nitrogens is 1. The summed E-state index contributed by atoms with van der Waals surface area (Å²) >= 11 is 0. The number of nitrogens with one attached hydrogen (secondary N) is 2. The summed E-state index contributed by atoms with van der Waals surface area (Å²) in [5.41, 5.74) is 0.0301. The Kier molecular flexibility index (Phi) is 3.53. The number of benzene rings is 2. The maximum Gasteiger partial charge on any atom is 0.417 e. The van der Waals surface area contributed by atoms with Crippen LogP contribution in [0.4, 0.5) is 5.69 Å². The lowest BCUT2D eigenvalue weighted by Crippen LogP contribution is -2.13. The first-order valence-electron chi connectivity index (χ1n) is 6.48. The number of fused-ring (bicyclic) bond motifs is 1. The zero-order chi connectivity index (χ0) is 17.5. The number of anilines is 1. The molecule has 0 radical (unpaired) electrons. The van der Waals surface area contributed by atoms with Gasteiger partial charge >= 0.3 is 11.7 Å². The minimum Gasteiger partial charge on any atom is -0.506 e. The molecule has 4 N–H and O–H groups in total. The van der Waals surface area contributed by atoms with Gasteiger partial charge in [-0.1, -0.05) is 0 Å². The van der Waals surface area contributed by atoms with Gasteiger partial charge in [0.1, 0.15) is 5.75 Å². The summed E-state index contributed by atoms with van der Waals surface area (Å²) in [5, 5.41) is 18.6. The van der Waals surface area contributed by atoms with Crippen LogP contribution in [0, 0.1) is 0 Å². The predicted octanol–water partition coefficient (Wildman–Crippen LogP) is 1.33. The molecule has 10 heteroatoms. The number of rotatable bonds is 4. The van der Waals surface area contributed by atoms with E-state index in [4.69, 9.17) is 9.52 Å². The summed E-state index contributed by atoms with van der Waals surface area (Å²) in [7, 11) is -4.08. The summed E-state index contributed by atoms with van der Waals surface area (Å²) in [6.07, 6.45) is 0. The van der Waals surface area contributed by atoms with E-state index in [2.05, 4.69) is 9.71 Å². The molecule has 0 saturated heterocycles. The molecular weight excluding hydrogens is 340 g/mol. The van der Waals surface area contributed by atoms with Gasteiger partial charge in [0.25, 0.3) is 10.0 Å². The fraction of sp³-hybridized carbons (Fsp3) is 0. The Labute approximate surface area is 134 Å². The normalized spacial score (nSPS) is 11.5. The fourth-order valence-corrected chi connectivity index (χ4v) is 3.14. The van der Waals surface area contributed by atoms with Gasteiger partial charge in [-0.2, -0.15) is 0 Å². The molecule has 0 saturated carbocycles. The van der Waals surface area contributed by atoms with Crippen LogP contribution in [0.1, 0.15) is 10.4 Å². The number of hydrogen-bond acceptors (Lipinski definition) is 6. The lowest BCUT2D eigenvalue weighted by Gasteiger charge is -2.10. The molecule has 0 bridgehead atoms. The number of phenols is 1. The van der Waals surface area contributed by atoms with Crippen molar-refractivity contribution < 1.29 is 27.8 Å². The van der Waals surface area contributed by atoms with Crippen LogP contribution in [-0.2, 0) is 10.0 Å². The van der Waals surface area contributed by atoms with Crippen LogP contribution in [0.2, 0.25) is 0 Å². The minimum absolute atomic E-state index is 0.0633. The van der Waals surface area contributed by atoms with Crippen LogP contribution in [0.5, 0.6) is 5.75 Å². The number of phenolic OH excluding ortho intramolecular Hbond substituents is 1. The summed E-state index contributed by atoms with van der Waals surface area (Å²) in [6, 6.07) is 6.97. The van der Waals surface area contributed by atoms with Gasteiger partial charge in [0.15, 0.2) is 5.58 Å². The van der Waals surface area contributed by atoms with Gasteiger partial charge in [-0.05, 0) is 30.3 Å². The highest BCUT2D eigenvalue weighted by atomic mass is 32.2. The lowest BCUT2D eigenvalue weighted by molar-refractivity contribution is 0.0696. The Morgan fingerprint density at radius 2 is 1.92 bits per heavy atom. The maximum atomic E-state index is 12.4. The van der Waals surface area contributed by atoms with Crippen LogP contribution in [0.3, 0.4) is 0 Å². The van der Waals surface area contributed by atoms with Gasteiger partial charge in [0, 0.05) is 6.07 Å². The van der Waals surface area contributed by atoms with E-state index < -0.39 is 27.5 Å². The van der Waals surface area contributed by atoms with Gasteiger partial charge in [-0.15, -0.1) is 0 Å². The topological polar surface area (TPSA) is 150 Å². The summed E-state index contributed by atoms with van der Waals surface area (Å²) in [6.45, 7) is 0. The van der Waals surface area contributed by atoms with Gasteiger partial charge in [0.05, 0.1) is 21.7 Å². The van der Waals surface area contributed by atoms with Crippen LogP contribution in [-0.4, -0.2) is 29.6 Å². The van der Waals surface area contributed by atoms with E-state index in [1.807, 2.05) is 0 Å². The monoisotopic (exact) mass is 350 g/mol. The first kappa shape index (κ1) is 15.6. The van der Waals surface area contributed by atoms with Crippen molar-refractivity contribution in [2.24, 2.45) is 0 Å². The van der Waals surface area contributed by atoms with E-state index in [0.29, 0.717) is 5.52 Å². The number of aromatic carboxylic acids is 1. The van der Waals surface area contributed by atoms with Gasteiger partial charge in [0.2, 0.25) is 0 Å². The van der Waals surface area contributed by atoms with Crippen molar-refractivity contribution >= 4 is 32.8 Å². The van der Waals surface area contributed by atoms with E-state index in [1.54, 1.807) is 0 Å². The van der Waals surface area contributed by atoms with Crippen molar-refractivity contribution in [3.63, 3.8) is 0 Å². The molecule has 0 amide bonds. The molecule has 0 aliphatic rings. The Bertz CT molecular complexity index is 1110. The summed E-state index contributed by atoms with van der Waals surface area (Å²) < 4.78 is 31.7. The number of carbonyl (C=O) groups is 1. The largest absolute Gasteiger partial charge is 0.506 e. The molecule has 0 aliphatic heterocycles. The Morgan fingerprint density at radius 1 is 1.17 bits per heavy atom. The predicted molar refractivity (Wildman–Crippen MR) is 82.7 cm³/mol. The highest BCUT2D eigenvalue weighted by Gasteiger charge is 2.18. The second-order valence-corrected chi connectivity index (χ2v) is 6.50. The average molecular weight is 350 g/mol. The molecule has 0 spiro atoms. The summed E-state index contributed by atoms with van der Waals surface area (Å²) in [5.74, 6) is -2.50. The SMILES string of the molecule is O=C(O)c1ccc(NS(=O)(=O)c2ccc3[nH]c(=O)oc3c2)c(O)c1. The van der Waals surface area contributed by atoms with E-state index in [1.165, 1.54) is 12.1 Å². The number of carboxylic acid groups (broad SMARTS) is 1. The van der Waals surface area contributed by atoms with Crippen molar-refractivity contribution in [2.75, 3.05) is 4.72 Å². The third-order valence-corrected chi connectivity index (χ3v) is 4.55. The smallest absolute Gasteiger partial charge is 0.417 e. The van der Waals surface area contributed by atoms with Crippen molar-refractivity contribution in [3.05, 3.63) is 52.5 Å². The van der Waals surface area contributed by atoms with E-state index in [9.17, 15) is 23.1 Å². The van der Waals surface area contributed by atoms with Crippen LogP contribution in [0.25, 0.3) is 11.1 Å². The van der Waals surface area contributed by atoms with Crippen LogP contribution in [0.15, 0.2) is 50.5 Å². The molecule has 1 heterocycles. The zero-order valence-electron chi connectivity index (χ0n) is 11.8. The fourth-order valence-electron chi connectivity index (χ4n) is 2.05. The number of aromatic amines is 1. The third kappa shape index (κ3) is 2.82. The molecule has 3 aromatic rings. The van der Waals surface area contributed by atoms with Crippen LogP contribution >= 0.6 is 0 Å². The summed E-state index contributed by atoms with van der Waals surface area (Å²) in [4.78, 5) is 24.1. The first-order valence-corrected chi connectivity index (χ1v) is 7.96. The second kappa shape index (κ2) is 5.42. The molecule has 9 nitrogen and oxygen atoms in total. The number of sulfonamides is 1. The number of hydrogen-bond donors (Lipinski definition) is 4. The van der Waals surface area contributed by atoms with E-state index >= 15 is 0 Å². The zero-order valence-corrected chi connectivity index (χ0v) is 12.6. The molecule has 1 aromatic heterocycles. The van der Waals surface area contributed by atoms with E-state index in [-0.39, 0.29) is 21.7 Å². The van der Waals surface area contributed by atoms with Gasteiger partial charge in [-0.25, -0.2) is 18.0 Å². The van der Waals surface area contributed by atoms with Gasteiger partial charge < -0.3 is 14.6 Å². The number of aromatic hydroxyl groups is 1. The lowest BCUT2D eigenvalue weighted by atomic mass is 10.2. The maximum absolute atomic E-state index is 12.4. The molecule has 0 unspecified atom stereocenters.